The van der Waals surface area contributed by atoms with Crippen molar-refractivity contribution in [2.45, 2.75) is 38.8 Å². The first-order valence-electron chi connectivity index (χ1n) is 10.3. The van der Waals surface area contributed by atoms with Crippen molar-refractivity contribution in [1.82, 2.24) is 9.88 Å². The summed E-state index contributed by atoms with van der Waals surface area (Å²) >= 11 is 0. The Kier molecular flexibility index (Phi) is 5.59. The summed E-state index contributed by atoms with van der Waals surface area (Å²) in [6, 6.07) is 17.7. The van der Waals surface area contributed by atoms with E-state index in [2.05, 4.69) is 10.6 Å². The molecule has 3 aromatic rings. The van der Waals surface area contributed by atoms with Crippen LogP contribution in [0, 0.1) is 0 Å². The lowest BCUT2D eigenvalue weighted by molar-refractivity contribution is -0.114. The van der Waals surface area contributed by atoms with Crippen molar-refractivity contribution < 1.29 is 14.3 Å². The van der Waals surface area contributed by atoms with E-state index in [1.807, 2.05) is 66.1 Å². The van der Waals surface area contributed by atoms with Gasteiger partial charge < -0.3 is 19.9 Å². The number of nitrogens with zero attached hydrogens (tertiary/aromatic N) is 1. The number of hydrogen-bond donors (Lipinski definition) is 2. The third-order valence-corrected chi connectivity index (χ3v) is 5.56. The number of carbonyl (C=O) groups is 2. The zero-order valence-electron chi connectivity index (χ0n) is 17.4. The molecule has 0 aliphatic carbocycles. The summed E-state index contributed by atoms with van der Waals surface area (Å²) in [4.78, 5) is 24.5. The van der Waals surface area contributed by atoms with Gasteiger partial charge in [-0.15, -0.1) is 0 Å². The zero-order valence-corrected chi connectivity index (χ0v) is 17.4. The predicted octanol–water partition coefficient (Wildman–Crippen LogP) is 3.95. The van der Waals surface area contributed by atoms with E-state index in [1.165, 1.54) is 6.92 Å². The van der Waals surface area contributed by atoms with Crippen LogP contribution in [-0.2, 0) is 16.1 Å². The van der Waals surface area contributed by atoms with Crippen LogP contribution in [0.2, 0.25) is 0 Å². The van der Waals surface area contributed by atoms with E-state index in [-0.39, 0.29) is 17.4 Å². The standard InChI is InChI=1S/C24H27N3O3/c1-17(28)26-20-9-10-21-19(13-20)14-22(27(21)15-18-7-4-3-5-8-18)23(29)25-16-24(2)11-6-12-30-24/h3-5,7-10,13-14H,6,11-12,15-16H2,1-2H3,(H,25,29)(H,26,28)/t24-/m1/s1. The maximum absolute atomic E-state index is 13.1. The van der Waals surface area contributed by atoms with Crippen molar-refractivity contribution in [2.75, 3.05) is 18.5 Å². The minimum atomic E-state index is -0.301. The van der Waals surface area contributed by atoms with Crippen LogP contribution >= 0.6 is 0 Å². The van der Waals surface area contributed by atoms with Crippen LogP contribution in [0.5, 0.6) is 0 Å². The Balaban J connectivity index is 1.67. The highest BCUT2D eigenvalue weighted by molar-refractivity contribution is 6.00. The van der Waals surface area contributed by atoms with E-state index >= 15 is 0 Å². The number of anilines is 1. The van der Waals surface area contributed by atoms with Gasteiger partial charge in [0.2, 0.25) is 5.91 Å². The Bertz CT molecular complexity index is 1070. The number of amides is 2. The number of hydrogen-bond acceptors (Lipinski definition) is 3. The minimum absolute atomic E-state index is 0.124. The van der Waals surface area contributed by atoms with Gasteiger partial charge in [0.1, 0.15) is 5.69 Å². The molecule has 30 heavy (non-hydrogen) atoms. The molecular formula is C24H27N3O3. The van der Waals surface area contributed by atoms with Crippen LogP contribution in [0.1, 0.15) is 42.7 Å². The van der Waals surface area contributed by atoms with E-state index in [0.717, 1.165) is 35.9 Å². The molecule has 2 amide bonds. The Hall–Kier alpha value is -3.12. The molecule has 0 saturated carbocycles. The maximum Gasteiger partial charge on any atom is 0.268 e. The minimum Gasteiger partial charge on any atom is -0.373 e. The molecule has 2 N–H and O–H groups in total. The molecule has 2 aromatic carbocycles. The SMILES string of the molecule is CC(=O)Nc1ccc2c(c1)cc(C(=O)NC[C@@]1(C)CCCO1)n2Cc1ccccc1. The van der Waals surface area contributed by atoms with Crippen LogP contribution in [0.15, 0.2) is 54.6 Å². The molecule has 0 unspecified atom stereocenters. The summed E-state index contributed by atoms with van der Waals surface area (Å²) in [6.45, 7) is 5.33. The monoisotopic (exact) mass is 405 g/mol. The smallest absolute Gasteiger partial charge is 0.268 e. The normalized spacial score (nSPS) is 18.5. The van der Waals surface area contributed by atoms with Gasteiger partial charge in [0.15, 0.2) is 0 Å². The zero-order chi connectivity index (χ0) is 21.1. The molecule has 0 spiro atoms. The fraction of sp³-hybridized carbons (Fsp3) is 0.333. The molecule has 0 radical (unpaired) electrons. The van der Waals surface area contributed by atoms with E-state index in [1.54, 1.807) is 0 Å². The second-order valence-electron chi connectivity index (χ2n) is 8.14. The average Bonchev–Trinajstić information content (AvgIpc) is 3.31. The second-order valence-corrected chi connectivity index (χ2v) is 8.14. The van der Waals surface area contributed by atoms with Gasteiger partial charge in [-0.1, -0.05) is 30.3 Å². The highest BCUT2D eigenvalue weighted by atomic mass is 16.5. The van der Waals surface area contributed by atoms with Gasteiger partial charge in [-0.25, -0.2) is 0 Å². The first-order valence-corrected chi connectivity index (χ1v) is 10.3. The average molecular weight is 405 g/mol. The molecule has 1 atom stereocenters. The van der Waals surface area contributed by atoms with Crippen molar-refractivity contribution in [3.63, 3.8) is 0 Å². The number of carbonyl (C=O) groups excluding carboxylic acids is 2. The van der Waals surface area contributed by atoms with E-state index in [4.69, 9.17) is 4.74 Å². The van der Waals surface area contributed by atoms with Crippen molar-refractivity contribution in [3.8, 4) is 0 Å². The Morgan fingerprint density at radius 1 is 1.13 bits per heavy atom. The molecule has 6 heteroatoms. The molecule has 1 aliphatic heterocycles. The molecule has 0 bridgehead atoms. The van der Waals surface area contributed by atoms with Crippen molar-refractivity contribution in [1.29, 1.82) is 0 Å². The Morgan fingerprint density at radius 2 is 1.93 bits per heavy atom. The first kappa shape index (κ1) is 20.2. The quantitative estimate of drug-likeness (QED) is 0.652. The van der Waals surface area contributed by atoms with Gasteiger partial charge in [0.25, 0.3) is 5.91 Å². The van der Waals surface area contributed by atoms with Gasteiger partial charge in [-0.3, -0.25) is 9.59 Å². The summed E-state index contributed by atoms with van der Waals surface area (Å²) in [5, 5.41) is 6.78. The van der Waals surface area contributed by atoms with Crippen LogP contribution in [0.25, 0.3) is 10.9 Å². The summed E-state index contributed by atoms with van der Waals surface area (Å²) in [7, 11) is 0. The van der Waals surface area contributed by atoms with E-state index < -0.39 is 0 Å². The Morgan fingerprint density at radius 3 is 2.63 bits per heavy atom. The summed E-state index contributed by atoms with van der Waals surface area (Å²) < 4.78 is 7.83. The molecule has 156 valence electrons. The Labute approximate surface area is 176 Å². The topological polar surface area (TPSA) is 72.4 Å². The lowest BCUT2D eigenvalue weighted by Crippen LogP contribution is -2.40. The van der Waals surface area contributed by atoms with Crippen molar-refractivity contribution >= 4 is 28.4 Å². The van der Waals surface area contributed by atoms with Gasteiger partial charge in [-0.05, 0) is 49.6 Å². The maximum atomic E-state index is 13.1. The molecule has 2 heterocycles. The first-order chi connectivity index (χ1) is 14.4. The molecular weight excluding hydrogens is 378 g/mol. The number of benzene rings is 2. The third-order valence-electron chi connectivity index (χ3n) is 5.56. The number of aromatic nitrogens is 1. The molecule has 6 nitrogen and oxygen atoms in total. The number of ether oxygens (including phenoxy) is 1. The lowest BCUT2D eigenvalue weighted by Gasteiger charge is -2.23. The molecule has 1 aliphatic rings. The summed E-state index contributed by atoms with van der Waals surface area (Å²) in [5.74, 6) is -0.249. The second kappa shape index (κ2) is 8.32. The third kappa shape index (κ3) is 4.39. The van der Waals surface area contributed by atoms with Crippen molar-refractivity contribution in [3.05, 3.63) is 65.9 Å². The number of fused-ring (bicyclic) bond motifs is 1. The van der Waals surface area contributed by atoms with Crippen LogP contribution in [0.3, 0.4) is 0 Å². The van der Waals surface area contributed by atoms with Gasteiger partial charge in [0, 0.05) is 43.2 Å². The van der Waals surface area contributed by atoms with Gasteiger partial charge >= 0.3 is 0 Å². The summed E-state index contributed by atoms with van der Waals surface area (Å²) in [6.07, 6.45) is 1.97. The van der Waals surface area contributed by atoms with Crippen LogP contribution in [-0.4, -0.2) is 35.1 Å². The van der Waals surface area contributed by atoms with Gasteiger partial charge in [-0.2, -0.15) is 0 Å². The van der Waals surface area contributed by atoms with E-state index in [9.17, 15) is 9.59 Å². The summed E-state index contributed by atoms with van der Waals surface area (Å²) in [5.41, 5.74) is 3.06. The number of rotatable bonds is 6. The van der Waals surface area contributed by atoms with Gasteiger partial charge in [0.05, 0.1) is 5.60 Å². The highest BCUT2D eigenvalue weighted by Crippen LogP contribution is 2.26. The fourth-order valence-corrected chi connectivity index (χ4v) is 4.01. The fourth-order valence-electron chi connectivity index (χ4n) is 4.01. The lowest BCUT2D eigenvalue weighted by atomic mass is 10.0. The predicted molar refractivity (Wildman–Crippen MR) is 118 cm³/mol. The molecule has 4 rings (SSSR count). The molecule has 1 aromatic heterocycles. The molecule has 1 fully saturated rings. The van der Waals surface area contributed by atoms with Crippen LogP contribution < -0.4 is 10.6 Å². The highest BCUT2D eigenvalue weighted by Gasteiger charge is 2.30. The van der Waals surface area contributed by atoms with Crippen LogP contribution in [0.4, 0.5) is 5.69 Å². The van der Waals surface area contributed by atoms with E-state index in [0.29, 0.717) is 24.5 Å². The van der Waals surface area contributed by atoms with Crippen molar-refractivity contribution in [2.24, 2.45) is 0 Å². The molecule has 1 saturated heterocycles. The number of nitrogens with one attached hydrogen (secondary N) is 2. The largest absolute Gasteiger partial charge is 0.373 e.